The van der Waals surface area contributed by atoms with Crippen LogP contribution in [-0.2, 0) is 7.05 Å². The van der Waals surface area contributed by atoms with E-state index in [2.05, 4.69) is 4.98 Å². The molecule has 0 amide bonds. The van der Waals surface area contributed by atoms with Gasteiger partial charge in [-0.1, -0.05) is 23.2 Å². The molecule has 2 radical (unpaired) electrons. The molecule has 0 spiro atoms. The molecule has 0 aliphatic rings. The van der Waals surface area contributed by atoms with Crippen LogP contribution in [0.1, 0.15) is 0 Å². The first-order valence-electron chi connectivity index (χ1n) is 3.66. The van der Waals surface area contributed by atoms with E-state index in [9.17, 15) is 0 Å². The van der Waals surface area contributed by atoms with Crippen LogP contribution in [0.15, 0.2) is 12.1 Å². The van der Waals surface area contributed by atoms with Crippen molar-refractivity contribution in [2.24, 2.45) is 7.05 Å². The zero-order chi connectivity index (χ0) is 9.59. The Balaban J connectivity index is 2.89. The Morgan fingerprint density at radius 2 is 1.92 bits per heavy atom. The van der Waals surface area contributed by atoms with Crippen molar-refractivity contribution in [2.75, 3.05) is 0 Å². The van der Waals surface area contributed by atoms with Crippen LogP contribution in [0.2, 0.25) is 10.0 Å². The zero-order valence-corrected chi connectivity index (χ0v) is 8.39. The average molecular weight is 211 g/mol. The highest BCUT2D eigenvalue weighted by Crippen LogP contribution is 2.26. The molecule has 0 aliphatic heterocycles. The lowest BCUT2D eigenvalue weighted by Crippen LogP contribution is -2.15. The standard InChI is InChI=1S/C8H5BCl2N2/c1-13-7-3-5(11)4(10)2-6(7)12-8(13)9/h2-3H,1H3. The average Bonchev–Trinajstić information content (AvgIpc) is 2.32. The number of hydrogen-bond donors (Lipinski definition) is 0. The second-order valence-electron chi connectivity index (χ2n) is 2.78. The van der Waals surface area contributed by atoms with Crippen LogP contribution >= 0.6 is 23.2 Å². The number of halogens is 2. The summed E-state index contributed by atoms with van der Waals surface area (Å²) in [7, 11) is 7.45. The Labute approximate surface area is 86.9 Å². The molecule has 0 atom stereocenters. The van der Waals surface area contributed by atoms with E-state index in [1.807, 2.05) is 7.05 Å². The maximum Gasteiger partial charge on any atom is 0.167 e. The summed E-state index contributed by atoms with van der Waals surface area (Å²) < 4.78 is 1.76. The Morgan fingerprint density at radius 3 is 2.62 bits per heavy atom. The van der Waals surface area contributed by atoms with Crippen molar-refractivity contribution in [3.05, 3.63) is 22.2 Å². The lowest BCUT2D eigenvalue weighted by Gasteiger charge is -1.98. The van der Waals surface area contributed by atoms with Gasteiger partial charge in [0.15, 0.2) is 7.85 Å². The number of aromatic nitrogens is 2. The molecule has 2 rings (SSSR count). The molecule has 0 aliphatic carbocycles. The van der Waals surface area contributed by atoms with Gasteiger partial charge in [-0.05, 0) is 12.1 Å². The number of rotatable bonds is 0. The second-order valence-corrected chi connectivity index (χ2v) is 3.60. The van der Waals surface area contributed by atoms with E-state index in [-0.39, 0.29) is 0 Å². The van der Waals surface area contributed by atoms with Gasteiger partial charge in [-0.2, -0.15) is 0 Å². The molecule has 0 fully saturated rings. The summed E-state index contributed by atoms with van der Waals surface area (Å²) in [6, 6.07) is 3.46. The fourth-order valence-corrected chi connectivity index (χ4v) is 1.52. The molecule has 64 valence electrons. The summed E-state index contributed by atoms with van der Waals surface area (Å²) in [5.41, 5.74) is 2.09. The molecule has 0 bridgehead atoms. The maximum atomic E-state index is 5.86. The van der Waals surface area contributed by atoms with Crippen LogP contribution in [0.5, 0.6) is 0 Å². The molecular weight excluding hydrogens is 206 g/mol. The van der Waals surface area contributed by atoms with Crippen molar-refractivity contribution in [1.82, 2.24) is 9.55 Å². The molecule has 5 heteroatoms. The highest BCUT2D eigenvalue weighted by molar-refractivity contribution is 6.42. The minimum absolute atomic E-state index is 0.452. The third kappa shape index (κ3) is 1.32. The number of hydrogen-bond acceptors (Lipinski definition) is 1. The number of benzene rings is 1. The Morgan fingerprint density at radius 1 is 1.31 bits per heavy atom. The number of aryl methyl sites for hydroxylation is 1. The summed E-state index contributed by atoms with van der Waals surface area (Å²) in [5.74, 6) is 0. The van der Waals surface area contributed by atoms with E-state index < -0.39 is 0 Å². The summed E-state index contributed by atoms with van der Waals surface area (Å²) in [5, 5.41) is 1.00. The second kappa shape index (κ2) is 2.93. The molecule has 0 saturated heterocycles. The van der Waals surface area contributed by atoms with Crippen LogP contribution in [0, 0.1) is 0 Å². The van der Waals surface area contributed by atoms with Gasteiger partial charge in [0.2, 0.25) is 0 Å². The van der Waals surface area contributed by atoms with Crippen LogP contribution in [0.3, 0.4) is 0 Å². The molecule has 1 aromatic carbocycles. The predicted octanol–water partition coefficient (Wildman–Crippen LogP) is 1.67. The first-order chi connectivity index (χ1) is 6.09. The minimum Gasteiger partial charge on any atom is -0.340 e. The third-order valence-electron chi connectivity index (χ3n) is 1.96. The first kappa shape index (κ1) is 8.91. The van der Waals surface area contributed by atoms with Crippen molar-refractivity contribution in [3.8, 4) is 0 Å². The van der Waals surface area contributed by atoms with Gasteiger partial charge in [0.25, 0.3) is 0 Å². The topological polar surface area (TPSA) is 17.8 Å². The fraction of sp³-hybridized carbons (Fsp3) is 0.125. The van der Waals surface area contributed by atoms with Crippen molar-refractivity contribution >= 4 is 47.8 Å². The molecule has 0 saturated carbocycles. The van der Waals surface area contributed by atoms with Crippen LogP contribution in [0.25, 0.3) is 11.0 Å². The molecule has 2 nitrogen and oxygen atoms in total. The van der Waals surface area contributed by atoms with Crippen LogP contribution in [-0.4, -0.2) is 17.4 Å². The molecule has 2 aromatic rings. The molecule has 1 aromatic heterocycles. The smallest absolute Gasteiger partial charge is 0.167 e. The van der Waals surface area contributed by atoms with Crippen molar-refractivity contribution < 1.29 is 0 Å². The van der Waals surface area contributed by atoms with Gasteiger partial charge in [-0.3, -0.25) is 0 Å². The Kier molecular flexibility index (Phi) is 2.01. The molecular formula is C8H5BCl2N2. The SMILES string of the molecule is [B]c1nc2cc(Cl)c(Cl)cc2n1C. The van der Waals surface area contributed by atoms with E-state index in [4.69, 9.17) is 31.0 Å². The van der Waals surface area contributed by atoms with Crippen LogP contribution < -0.4 is 5.72 Å². The summed E-state index contributed by atoms with van der Waals surface area (Å²) in [6.07, 6.45) is 0. The summed E-state index contributed by atoms with van der Waals surface area (Å²) >= 11 is 11.7. The van der Waals surface area contributed by atoms with E-state index in [1.165, 1.54) is 0 Å². The molecule has 0 N–H and O–H groups in total. The lowest BCUT2D eigenvalue weighted by molar-refractivity contribution is 0.989. The number of imidazole rings is 1. The number of fused-ring (bicyclic) bond motifs is 1. The van der Waals surface area contributed by atoms with Crippen molar-refractivity contribution in [3.63, 3.8) is 0 Å². The lowest BCUT2D eigenvalue weighted by atomic mass is 10.1. The largest absolute Gasteiger partial charge is 0.340 e. The third-order valence-corrected chi connectivity index (χ3v) is 2.68. The van der Waals surface area contributed by atoms with Gasteiger partial charge in [0.1, 0.15) is 0 Å². The maximum absolute atomic E-state index is 5.86. The van der Waals surface area contributed by atoms with Gasteiger partial charge in [-0.15, -0.1) is 0 Å². The number of nitrogens with zero attached hydrogens (tertiary/aromatic N) is 2. The van der Waals surface area contributed by atoms with Crippen molar-refractivity contribution in [1.29, 1.82) is 0 Å². The molecule has 0 unspecified atom stereocenters. The van der Waals surface area contributed by atoms with Gasteiger partial charge < -0.3 is 4.57 Å². The zero-order valence-electron chi connectivity index (χ0n) is 6.88. The van der Waals surface area contributed by atoms with E-state index in [0.29, 0.717) is 15.8 Å². The monoisotopic (exact) mass is 210 g/mol. The minimum atomic E-state index is 0.452. The van der Waals surface area contributed by atoms with Gasteiger partial charge in [-0.25, -0.2) is 4.98 Å². The highest BCUT2D eigenvalue weighted by atomic mass is 35.5. The van der Waals surface area contributed by atoms with Gasteiger partial charge in [0, 0.05) is 7.05 Å². The van der Waals surface area contributed by atoms with Gasteiger partial charge in [0.05, 0.1) is 26.8 Å². The predicted molar refractivity (Wildman–Crippen MR) is 56.1 cm³/mol. The highest BCUT2D eigenvalue weighted by Gasteiger charge is 2.06. The van der Waals surface area contributed by atoms with E-state index in [0.717, 1.165) is 11.0 Å². The molecule has 13 heavy (non-hydrogen) atoms. The van der Waals surface area contributed by atoms with E-state index >= 15 is 0 Å². The molecule has 1 heterocycles. The normalized spacial score (nSPS) is 11.0. The quantitative estimate of drug-likeness (QED) is 0.606. The fourth-order valence-electron chi connectivity index (χ4n) is 1.21. The summed E-state index contributed by atoms with van der Waals surface area (Å²) in [6.45, 7) is 0. The van der Waals surface area contributed by atoms with E-state index in [1.54, 1.807) is 16.7 Å². The van der Waals surface area contributed by atoms with Gasteiger partial charge >= 0.3 is 0 Å². The first-order valence-corrected chi connectivity index (χ1v) is 4.42. The van der Waals surface area contributed by atoms with Crippen LogP contribution in [0.4, 0.5) is 0 Å². The Hall–Kier alpha value is -0.665. The Bertz CT molecular complexity index is 478. The van der Waals surface area contributed by atoms with Crippen molar-refractivity contribution in [2.45, 2.75) is 0 Å². The summed E-state index contributed by atoms with van der Waals surface area (Å²) in [4.78, 5) is 4.11.